The lowest BCUT2D eigenvalue weighted by Crippen LogP contribution is -2.40. The molecule has 0 amide bonds. The quantitative estimate of drug-likeness (QED) is 0.814. The molecule has 118 valence electrons. The van der Waals surface area contributed by atoms with Gasteiger partial charge in [0.2, 0.25) is 12.5 Å². The highest BCUT2D eigenvalue weighted by Crippen LogP contribution is 2.46. The van der Waals surface area contributed by atoms with Crippen molar-refractivity contribution in [2.45, 2.75) is 25.6 Å². The smallest absolute Gasteiger partial charge is 0.336 e. The Morgan fingerprint density at radius 1 is 1.32 bits per heavy atom. The molecule has 1 aromatic carbocycles. The molecule has 2 heterocycles. The zero-order chi connectivity index (χ0) is 15.9. The summed E-state index contributed by atoms with van der Waals surface area (Å²) in [6, 6.07) is 4.38. The maximum absolute atomic E-state index is 11.3. The molecular weight excluding hydrogens is 292 g/mol. The van der Waals surface area contributed by atoms with Crippen LogP contribution in [0.3, 0.4) is 0 Å². The van der Waals surface area contributed by atoms with Crippen LogP contribution in [0.25, 0.3) is 11.0 Å². The molecule has 0 unspecified atom stereocenters. The molecule has 1 aliphatic rings. The number of benzene rings is 1. The predicted octanol–water partition coefficient (Wildman–Crippen LogP) is 1.03. The lowest BCUT2D eigenvalue weighted by molar-refractivity contribution is -0.0664. The third-order valence-corrected chi connectivity index (χ3v) is 3.42. The minimum Gasteiger partial charge on any atom is -0.487 e. The Bertz CT molecular complexity index is 757. The second-order valence-electron chi connectivity index (χ2n) is 5.59. The van der Waals surface area contributed by atoms with E-state index < -0.39 is 17.3 Å². The lowest BCUT2D eigenvalue weighted by Gasteiger charge is -2.24. The van der Waals surface area contributed by atoms with E-state index in [-0.39, 0.29) is 19.1 Å². The molecule has 1 aliphatic heterocycles. The highest BCUT2D eigenvalue weighted by Gasteiger charge is 2.28. The SMILES string of the molecule is CC(C)(O)[C@H](O)COc1cc2oc(=O)ccc2c2c1OCO2. The number of aliphatic hydroxyl groups is 2. The summed E-state index contributed by atoms with van der Waals surface area (Å²) in [6.45, 7) is 2.83. The van der Waals surface area contributed by atoms with E-state index in [9.17, 15) is 15.0 Å². The summed E-state index contributed by atoms with van der Waals surface area (Å²) in [6.07, 6.45) is -1.09. The molecule has 0 spiro atoms. The van der Waals surface area contributed by atoms with E-state index in [1.807, 2.05) is 0 Å². The van der Waals surface area contributed by atoms with Gasteiger partial charge in [-0.25, -0.2) is 4.79 Å². The van der Waals surface area contributed by atoms with Gasteiger partial charge in [0.05, 0.1) is 11.0 Å². The number of fused-ring (bicyclic) bond motifs is 3. The van der Waals surface area contributed by atoms with Gasteiger partial charge >= 0.3 is 5.63 Å². The van der Waals surface area contributed by atoms with Crippen molar-refractivity contribution in [2.75, 3.05) is 13.4 Å². The molecule has 2 aromatic rings. The van der Waals surface area contributed by atoms with Crippen LogP contribution < -0.4 is 19.8 Å². The average Bonchev–Trinajstić information content (AvgIpc) is 2.92. The Kier molecular flexibility index (Phi) is 3.46. The Labute approximate surface area is 125 Å². The maximum Gasteiger partial charge on any atom is 0.336 e. The summed E-state index contributed by atoms with van der Waals surface area (Å²) in [5, 5.41) is 20.2. The van der Waals surface area contributed by atoms with Crippen molar-refractivity contribution < 1.29 is 28.8 Å². The summed E-state index contributed by atoms with van der Waals surface area (Å²) in [4.78, 5) is 11.3. The van der Waals surface area contributed by atoms with Gasteiger partial charge in [0.25, 0.3) is 0 Å². The molecular formula is C15H16O7. The summed E-state index contributed by atoms with van der Waals surface area (Å²) >= 11 is 0. The second-order valence-corrected chi connectivity index (χ2v) is 5.59. The number of hydrogen-bond donors (Lipinski definition) is 2. The summed E-state index contributed by atoms with van der Waals surface area (Å²) in [5.74, 6) is 1.08. The zero-order valence-corrected chi connectivity index (χ0v) is 12.2. The molecule has 22 heavy (non-hydrogen) atoms. The fourth-order valence-corrected chi connectivity index (χ4v) is 2.05. The summed E-state index contributed by atoms with van der Waals surface area (Å²) in [5.41, 5.74) is -1.50. The monoisotopic (exact) mass is 308 g/mol. The summed E-state index contributed by atoms with van der Waals surface area (Å²) in [7, 11) is 0. The number of rotatable bonds is 4. The van der Waals surface area contributed by atoms with Crippen LogP contribution in [-0.4, -0.2) is 35.3 Å². The first-order chi connectivity index (χ1) is 10.4. The van der Waals surface area contributed by atoms with Gasteiger partial charge in [0, 0.05) is 12.1 Å². The van der Waals surface area contributed by atoms with Crippen LogP contribution in [0.2, 0.25) is 0 Å². The van der Waals surface area contributed by atoms with Gasteiger partial charge in [-0.3, -0.25) is 0 Å². The highest BCUT2D eigenvalue weighted by atomic mass is 16.7. The van der Waals surface area contributed by atoms with E-state index in [1.165, 1.54) is 26.0 Å². The van der Waals surface area contributed by atoms with Crippen LogP contribution in [0.4, 0.5) is 0 Å². The van der Waals surface area contributed by atoms with E-state index in [0.717, 1.165) is 0 Å². The lowest BCUT2D eigenvalue weighted by atomic mass is 10.0. The normalized spacial score (nSPS) is 15.1. The van der Waals surface area contributed by atoms with Crippen LogP contribution in [0.5, 0.6) is 17.2 Å². The van der Waals surface area contributed by atoms with E-state index in [4.69, 9.17) is 18.6 Å². The Morgan fingerprint density at radius 2 is 2.05 bits per heavy atom. The van der Waals surface area contributed by atoms with Crippen molar-refractivity contribution in [1.29, 1.82) is 0 Å². The standard InChI is InChI=1S/C15H16O7/c1-15(2,18)11(16)6-19-10-5-9-8(3-4-12(17)22-9)13-14(10)21-7-20-13/h3-5,11,16,18H,6-7H2,1-2H3/t11-/m1/s1. The molecule has 0 fully saturated rings. The molecule has 0 aliphatic carbocycles. The Hall–Kier alpha value is -2.25. The Balaban J connectivity index is 1.98. The van der Waals surface area contributed by atoms with Gasteiger partial charge in [-0.1, -0.05) is 0 Å². The van der Waals surface area contributed by atoms with Crippen LogP contribution in [0.1, 0.15) is 13.8 Å². The van der Waals surface area contributed by atoms with Crippen molar-refractivity contribution in [2.24, 2.45) is 0 Å². The third-order valence-electron chi connectivity index (χ3n) is 3.42. The van der Waals surface area contributed by atoms with Crippen LogP contribution in [0, 0.1) is 0 Å². The van der Waals surface area contributed by atoms with E-state index in [1.54, 1.807) is 6.07 Å². The largest absolute Gasteiger partial charge is 0.487 e. The van der Waals surface area contributed by atoms with Gasteiger partial charge < -0.3 is 28.8 Å². The van der Waals surface area contributed by atoms with Gasteiger partial charge in [0.15, 0.2) is 11.5 Å². The molecule has 0 saturated carbocycles. The van der Waals surface area contributed by atoms with E-state index >= 15 is 0 Å². The average molecular weight is 308 g/mol. The van der Waals surface area contributed by atoms with E-state index in [0.29, 0.717) is 22.5 Å². The Morgan fingerprint density at radius 3 is 2.77 bits per heavy atom. The van der Waals surface area contributed by atoms with Crippen LogP contribution >= 0.6 is 0 Å². The van der Waals surface area contributed by atoms with Gasteiger partial charge in [-0.05, 0) is 19.9 Å². The molecule has 0 bridgehead atoms. The first kappa shape index (κ1) is 14.7. The molecule has 7 heteroatoms. The zero-order valence-electron chi connectivity index (χ0n) is 12.2. The first-order valence-corrected chi connectivity index (χ1v) is 6.76. The minimum atomic E-state index is -1.30. The van der Waals surface area contributed by atoms with E-state index in [2.05, 4.69) is 0 Å². The van der Waals surface area contributed by atoms with Gasteiger partial charge in [-0.15, -0.1) is 0 Å². The molecule has 1 aromatic heterocycles. The number of hydrogen-bond acceptors (Lipinski definition) is 7. The summed E-state index contributed by atoms with van der Waals surface area (Å²) < 4.78 is 21.4. The molecule has 3 rings (SSSR count). The second kappa shape index (κ2) is 5.19. The van der Waals surface area contributed by atoms with Gasteiger partial charge in [0.1, 0.15) is 18.3 Å². The highest BCUT2D eigenvalue weighted by molar-refractivity contribution is 5.89. The van der Waals surface area contributed by atoms with Crippen molar-refractivity contribution in [1.82, 2.24) is 0 Å². The first-order valence-electron chi connectivity index (χ1n) is 6.76. The fourth-order valence-electron chi connectivity index (χ4n) is 2.05. The van der Waals surface area contributed by atoms with Crippen molar-refractivity contribution >= 4 is 11.0 Å². The van der Waals surface area contributed by atoms with Crippen molar-refractivity contribution in [3.8, 4) is 17.2 Å². The fraction of sp³-hybridized carbons (Fsp3) is 0.400. The maximum atomic E-state index is 11.3. The minimum absolute atomic E-state index is 0.0258. The molecule has 0 saturated heterocycles. The third kappa shape index (κ3) is 2.60. The van der Waals surface area contributed by atoms with Crippen LogP contribution in [0.15, 0.2) is 27.4 Å². The molecule has 7 nitrogen and oxygen atoms in total. The molecule has 0 radical (unpaired) electrons. The van der Waals surface area contributed by atoms with Crippen molar-refractivity contribution in [3.05, 3.63) is 28.6 Å². The molecule has 2 N–H and O–H groups in total. The topological polar surface area (TPSA) is 98.4 Å². The number of ether oxygens (including phenoxy) is 3. The van der Waals surface area contributed by atoms with Gasteiger partial charge in [-0.2, -0.15) is 0 Å². The molecule has 1 atom stereocenters. The van der Waals surface area contributed by atoms with Crippen molar-refractivity contribution in [3.63, 3.8) is 0 Å². The number of aliphatic hydroxyl groups excluding tert-OH is 1. The van der Waals surface area contributed by atoms with Crippen LogP contribution in [-0.2, 0) is 0 Å². The predicted molar refractivity (Wildman–Crippen MR) is 76.4 cm³/mol.